The molecule has 3 heterocycles. The number of nitrogen functional groups attached to an aromatic ring is 1. The van der Waals surface area contributed by atoms with Crippen molar-refractivity contribution in [3.63, 3.8) is 0 Å². The lowest BCUT2D eigenvalue weighted by Gasteiger charge is -2.16. The van der Waals surface area contributed by atoms with Gasteiger partial charge in [-0.1, -0.05) is 0 Å². The topological polar surface area (TPSA) is 174 Å². The minimum atomic E-state index is -1.47. The van der Waals surface area contributed by atoms with Crippen LogP contribution in [0.3, 0.4) is 0 Å². The van der Waals surface area contributed by atoms with E-state index in [1.54, 1.807) is 0 Å². The molecule has 1 saturated heterocycles. The molecule has 12 heteroatoms. The summed E-state index contributed by atoms with van der Waals surface area (Å²) in [5.74, 6) is -1.59. The number of anilines is 1. The van der Waals surface area contributed by atoms with Gasteiger partial charge < -0.3 is 25.8 Å². The number of hydrogen-bond donors (Lipinski definition) is 4. The van der Waals surface area contributed by atoms with Crippen LogP contribution < -0.4 is 5.73 Å². The maximum atomic E-state index is 11.0. The van der Waals surface area contributed by atoms with E-state index in [1.807, 2.05) is 0 Å². The maximum Gasteiger partial charge on any atom is 0.372 e. The number of fused-ring (bicyclic) bond motifs is 1. The highest BCUT2D eigenvalue weighted by Crippen LogP contribution is 2.33. The SMILES string of the molecule is Nc1ncnc2c1ncn2C1OC(CSCCC(=O)C(=O)O)C(O)C1O. The number of aliphatic carboxylic acids is 1. The van der Waals surface area contributed by atoms with Gasteiger partial charge in [-0.3, -0.25) is 9.36 Å². The first kappa shape index (κ1) is 18.5. The van der Waals surface area contributed by atoms with Gasteiger partial charge >= 0.3 is 5.97 Å². The summed E-state index contributed by atoms with van der Waals surface area (Å²) in [6.45, 7) is 0. The van der Waals surface area contributed by atoms with Crippen molar-refractivity contribution < 1.29 is 29.6 Å². The number of nitrogens with zero attached hydrogens (tertiary/aromatic N) is 4. The molecular weight excluding hydrogens is 366 g/mol. The van der Waals surface area contributed by atoms with Crippen LogP contribution in [0.1, 0.15) is 12.6 Å². The monoisotopic (exact) mass is 383 g/mol. The average Bonchev–Trinajstić information content (AvgIpc) is 3.15. The number of hydrogen-bond acceptors (Lipinski definition) is 10. The fourth-order valence-electron chi connectivity index (χ4n) is 2.62. The highest BCUT2D eigenvalue weighted by Gasteiger charge is 2.44. The summed E-state index contributed by atoms with van der Waals surface area (Å²) >= 11 is 1.26. The van der Waals surface area contributed by atoms with Crippen molar-refractivity contribution in [1.82, 2.24) is 19.5 Å². The molecule has 140 valence electrons. The largest absolute Gasteiger partial charge is 0.476 e. The maximum absolute atomic E-state index is 11.0. The summed E-state index contributed by atoms with van der Waals surface area (Å²) in [4.78, 5) is 33.5. The Balaban J connectivity index is 1.65. The van der Waals surface area contributed by atoms with Gasteiger partial charge in [0.15, 0.2) is 17.7 Å². The summed E-state index contributed by atoms with van der Waals surface area (Å²) in [7, 11) is 0. The van der Waals surface area contributed by atoms with Crippen molar-refractivity contribution in [2.75, 3.05) is 17.2 Å². The number of nitrogens with two attached hydrogens (primary N) is 1. The molecule has 0 aliphatic carbocycles. The molecule has 0 saturated carbocycles. The standard InChI is InChI=1S/C14H17N5O6S/c15-11-8-12(17-4-16-11)19(5-18-8)13-10(22)9(21)7(25-13)3-26-2-1-6(20)14(23)24/h4-5,7,9-10,13,21-22H,1-3H2,(H,23,24)(H2,15,16,17). The molecule has 26 heavy (non-hydrogen) atoms. The molecule has 0 aromatic carbocycles. The van der Waals surface area contributed by atoms with E-state index >= 15 is 0 Å². The zero-order valence-corrected chi connectivity index (χ0v) is 14.2. The minimum absolute atomic E-state index is 0.114. The van der Waals surface area contributed by atoms with Crippen LogP contribution in [0.15, 0.2) is 12.7 Å². The predicted molar refractivity (Wildman–Crippen MR) is 90.2 cm³/mol. The number of aliphatic hydroxyl groups is 2. The number of aromatic nitrogens is 4. The lowest BCUT2D eigenvalue weighted by molar-refractivity contribution is -0.148. The number of carboxylic acids is 1. The number of carbonyl (C=O) groups excluding carboxylic acids is 1. The highest BCUT2D eigenvalue weighted by atomic mass is 32.2. The van der Waals surface area contributed by atoms with Gasteiger partial charge in [-0.05, 0) is 0 Å². The Kier molecular flexibility index (Phi) is 5.36. The van der Waals surface area contributed by atoms with Crippen LogP contribution in [-0.2, 0) is 14.3 Å². The van der Waals surface area contributed by atoms with Crippen molar-refractivity contribution in [1.29, 1.82) is 0 Å². The average molecular weight is 383 g/mol. The van der Waals surface area contributed by atoms with Gasteiger partial charge in [0.25, 0.3) is 0 Å². The normalized spacial score (nSPS) is 25.6. The third-order valence-electron chi connectivity index (χ3n) is 3.99. The zero-order chi connectivity index (χ0) is 18.8. The Morgan fingerprint density at radius 2 is 2.04 bits per heavy atom. The van der Waals surface area contributed by atoms with Gasteiger partial charge in [0, 0.05) is 17.9 Å². The van der Waals surface area contributed by atoms with E-state index in [-0.39, 0.29) is 23.7 Å². The van der Waals surface area contributed by atoms with Gasteiger partial charge in [0.05, 0.1) is 12.4 Å². The third-order valence-corrected chi connectivity index (χ3v) is 5.05. The quantitative estimate of drug-likeness (QED) is 0.334. The second-order valence-corrected chi connectivity index (χ2v) is 6.83. The lowest BCUT2D eigenvalue weighted by atomic mass is 10.1. The van der Waals surface area contributed by atoms with Crippen molar-refractivity contribution in [3.8, 4) is 0 Å². The van der Waals surface area contributed by atoms with Crippen molar-refractivity contribution in [2.45, 2.75) is 31.0 Å². The number of thioether (sulfide) groups is 1. The summed E-state index contributed by atoms with van der Waals surface area (Å²) in [6, 6.07) is 0. The van der Waals surface area contributed by atoms with E-state index in [4.69, 9.17) is 15.6 Å². The molecule has 4 atom stereocenters. The molecular formula is C14H17N5O6S. The van der Waals surface area contributed by atoms with Crippen molar-refractivity contribution in [2.24, 2.45) is 0 Å². The van der Waals surface area contributed by atoms with Gasteiger partial charge in [-0.15, -0.1) is 0 Å². The fraction of sp³-hybridized carbons (Fsp3) is 0.500. The van der Waals surface area contributed by atoms with Crippen molar-refractivity contribution in [3.05, 3.63) is 12.7 Å². The molecule has 11 nitrogen and oxygen atoms in total. The molecule has 0 spiro atoms. The number of carbonyl (C=O) groups is 2. The molecule has 5 N–H and O–H groups in total. The van der Waals surface area contributed by atoms with Crippen molar-refractivity contribution >= 4 is 40.5 Å². The minimum Gasteiger partial charge on any atom is -0.476 e. The Morgan fingerprint density at radius 1 is 1.27 bits per heavy atom. The van der Waals surface area contributed by atoms with Gasteiger partial charge in [-0.25, -0.2) is 19.7 Å². The molecule has 0 amide bonds. The molecule has 2 aromatic heterocycles. The number of carboxylic acid groups (broad SMARTS) is 1. The smallest absolute Gasteiger partial charge is 0.372 e. The fourth-order valence-corrected chi connectivity index (χ4v) is 3.63. The Morgan fingerprint density at radius 3 is 2.77 bits per heavy atom. The number of imidazole rings is 1. The first-order valence-corrected chi connectivity index (χ1v) is 8.84. The highest BCUT2D eigenvalue weighted by molar-refractivity contribution is 7.99. The Labute approximate surface area is 151 Å². The number of aliphatic hydroxyl groups excluding tert-OH is 2. The van der Waals surface area contributed by atoms with E-state index in [9.17, 15) is 19.8 Å². The van der Waals surface area contributed by atoms with Crippen LogP contribution in [-0.4, -0.2) is 76.4 Å². The van der Waals surface area contributed by atoms with Gasteiger partial charge in [0.1, 0.15) is 24.1 Å². The van der Waals surface area contributed by atoms with E-state index in [1.165, 1.54) is 29.0 Å². The predicted octanol–water partition coefficient (Wildman–Crippen LogP) is -1.20. The molecule has 1 aliphatic heterocycles. The Hall–Kier alpha value is -2.28. The number of ketones is 1. The van der Waals surface area contributed by atoms with Crippen LogP contribution in [0, 0.1) is 0 Å². The molecule has 2 aromatic rings. The summed E-state index contributed by atoms with van der Waals surface area (Å²) in [5.41, 5.74) is 6.47. The molecule has 0 radical (unpaired) electrons. The van der Waals surface area contributed by atoms with Crippen LogP contribution in [0.4, 0.5) is 5.82 Å². The second kappa shape index (κ2) is 7.53. The number of rotatable bonds is 7. The van der Waals surface area contributed by atoms with Crippen LogP contribution in [0.25, 0.3) is 11.2 Å². The molecule has 1 fully saturated rings. The third kappa shape index (κ3) is 3.49. The van der Waals surface area contributed by atoms with E-state index < -0.39 is 36.3 Å². The number of Topliss-reactive ketones (excluding diaryl/α,β-unsaturated/α-hetero) is 1. The second-order valence-electron chi connectivity index (χ2n) is 5.68. The van der Waals surface area contributed by atoms with Gasteiger partial charge in [-0.2, -0.15) is 11.8 Å². The molecule has 0 bridgehead atoms. The van der Waals surface area contributed by atoms with Crippen LogP contribution in [0.2, 0.25) is 0 Å². The van der Waals surface area contributed by atoms with E-state index in [0.29, 0.717) is 11.2 Å². The molecule has 1 aliphatic rings. The summed E-state index contributed by atoms with van der Waals surface area (Å²) in [6.07, 6.45) is -1.42. The zero-order valence-electron chi connectivity index (χ0n) is 13.4. The first-order valence-electron chi connectivity index (χ1n) is 7.68. The molecule has 4 unspecified atom stereocenters. The summed E-state index contributed by atoms with van der Waals surface area (Å²) in [5, 5.41) is 29.0. The Bertz CT molecular complexity index is 829. The van der Waals surface area contributed by atoms with E-state index in [0.717, 1.165) is 0 Å². The summed E-state index contributed by atoms with van der Waals surface area (Å²) < 4.78 is 7.20. The molecule has 3 rings (SSSR count). The first-order chi connectivity index (χ1) is 12.4. The van der Waals surface area contributed by atoms with Crippen LogP contribution in [0.5, 0.6) is 0 Å². The number of ether oxygens (including phenoxy) is 1. The van der Waals surface area contributed by atoms with E-state index in [2.05, 4.69) is 15.0 Å². The van der Waals surface area contributed by atoms with Crippen LogP contribution >= 0.6 is 11.8 Å². The lowest BCUT2D eigenvalue weighted by Crippen LogP contribution is -2.32. The van der Waals surface area contributed by atoms with Gasteiger partial charge in [0.2, 0.25) is 5.78 Å².